The highest BCUT2D eigenvalue weighted by Gasteiger charge is 2.23. The SMILES string of the molecule is COC(=O)c1cccc(N2CCN(C(=O)c3ccc(F)c(F)c3)CC2)c1. The number of rotatable bonds is 3. The Morgan fingerprint density at radius 2 is 1.65 bits per heavy atom. The molecule has 0 bridgehead atoms. The Morgan fingerprint density at radius 3 is 2.31 bits per heavy atom. The minimum atomic E-state index is -1.03. The van der Waals surface area contributed by atoms with Crippen LogP contribution in [-0.4, -0.2) is 50.1 Å². The molecule has 1 aliphatic rings. The molecule has 3 rings (SSSR count). The minimum Gasteiger partial charge on any atom is -0.465 e. The van der Waals surface area contributed by atoms with E-state index in [1.807, 2.05) is 6.07 Å². The van der Waals surface area contributed by atoms with Crippen LogP contribution >= 0.6 is 0 Å². The molecule has 1 amide bonds. The third-order valence-corrected chi connectivity index (χ3v) is 4.37. The van der Waals surface area contributed by atoms with Crippen LogP contribution in [0.2, 0.25) is 0 Å². The molecule has 2 aromatic carbocycles. The quantitative estimate of drug-likeness (QED) is 0.790. The average molecular weight is 360 g/mol. The van der Waals surface area contributed by atoms with Crippen LogP contribution in [0.5, 0.6) is 0 Å². The summed E-state index contributed by atoms with van der Waals surface area (Å²) in [4.78, 5) is 27.8. The molecule has 5 nitrogen and oxygen atoms in total. The predicted molar refractivity (Wildman–Crippen MR) is 92.3 cm³/mol. The molecule has 0 aromatic heterocycles. The normalized spacial score (nSPS) is 14.3. The van der Waals surface area contributed by atoms with Crippen molar-refractivity contribution >= 4 is 17.6 Å². The van der Waals surface area contributed by atoms with Gasteiger partial charge in [-0.25, -0.2) is 13.6 Å². The minimum absolute atomic E-state index is 0.130. The average Bonchev–Trinajstić information content (AvgIpc) is 2.69. The fourth-order valence-electron chi connectivity index (χ4n) is 2.93. The number of anilines is 1. The van der Waals surface area contributed by atoms with Gasteiger partial charge in [-0.1, -0.05) is 6.07 Å². The van der Waals surface area contributed by atoms with Crippen molar-refractivity contribution in [2.45, 2.75) is 0 Å². The van der Waals surface area contributed by atoms with Crippen molar-refractivity contribution in [2.24, 2.45) is 0 Å². The van der Waals surface area contributed by atoms with Crippen molar-refractivity contribution in [3.05, 3.63) is 65.2 Å². The van der Waals surface area contributed by atoms with Gasteiger partial charge in [0.15, 0.2) is 11.6 Å². The summed E-state index contributed by atoms with van der Waals surface area (Å²) in [6.07, 6.45) is 0. The zero-order chi connectivity index (χ0) is 18.7. The van der Waals surface area contributed by atoms with Crippen LogP contribution < -0.4 is 4.90 Å². The Bertz CT molecular complexity index is 833. The molecule has 26 heavy (non-hydrogen) atoms. The monoisotopic (exact) mass is 360 g/mol. The molecular weight excluding hydrogens is 342 g/mol. The van der Waals surface area contributed by atoms with Gasteiger partial charge in [-0.2, -0.15) is 0 Å². The van der Waals surface area contributed by atoms with E-state index in [2.05, 4.69) is 4.90 Å². The maximum atomic E-state index is 13.3. The standard InChI is InChI=1S/C19H18F2N2O3/c1-26-19(25)14-3-2-4-15(11-14)22-7-9-23(10-8-22)18(24)13-5-6-16(20)17(21)12-13/h2-6,11-12H,7-10H2,1H3. The van der Waals surface area contributed by atoms with Crippen molar-refractivity contribution in [3.8, 4) is 0 Å². The Labute approximate surface area is 149 Å². The van der Waals surface area contributed by atoms with E-state index in [-0.39, 0.29) is 11.5 Å². The van der Waals surface area contributed by atoms with E-state index < -0.39 is 17.6 Å². The van der Waals surface area contributed by atoms with Crippen molar-refractivity contribution in [1.82, 2.24) is 4.90 Å². The first-order chi connectivity index (χ1) is 12.5. The number of amides is 1. The zero-order valence-corrected chi connectivity index (χ0v) is 14.2. The summed E-state index contributed by atoms with van der Waals surface area (Å²) in [6.45, 7) is 2.03. The lowest BCUT2D eigenvalue weighted by atomic mass is 10.1. The van der Waals surface area contributed by atoms with Crippen molar-refractivity contribution in [1.29, 1.82) is 0 Å². The van der Waals surface area contributed by atoms with Crippen LogP contribution in [0.3, 0.4) is 0 Å². The number of esters is 1. The van der Waals surface area contributed by atoms with E-state index in [1.165, 1.54) is 13.2 Å². The number of piperazine rings is 1. The van der Waals surface area contributed by atoms with E-state index in [9.17, 15) is 18.4 Å². The molecule has 0 aliphatic carbocycles. The smallest absolute Gasteiger partial charge is 0.337 e. The van der Waals surface area contributed by atoms with E-state index >= 15 is 0 Å². The lowest BCUT2D eigenvalue weighted by molar-refractivity contribution is 0.0600. The van der Waals surface area contributed by atoms with Gasteiger partial charge in [0.25, 0.3) is 5.91 Å². The van der Waals surface area contributed by atoms with Gasteiger partial charge in [0.1, 0.15) is 0 Å². The zero-order valence-electron chi connectivity index (χ0n) is 14.2. The maximum absolute atomic E-state index is 13.3. The van der Waals surface area contributed by atoms with Gasteiger partial charge in [0, 0.05) is 37.4 Å². The van der Waals surface area contributed by atoms with Gasteiger partial charge in [-0.05, 0) is 36.4 Å². The number of ether oxygens (including phenoxy) is 1. The summed E-state index contributed by atoms with van der Waals surface area (Å²) < 4.78 is 31.1. The lowest BCUT2D eigenvalue weighted by Crippen LogP contribution is -2.48. The molecule has 0 saturated carbocycles. The van der Waals surface area contributed by atoms with Crippen molar-refractivity contribution in [3.63, 3.8) is 0 Å². The fraction of sp³-hybridized carbons (Fsp3) is 0.263. The van der Waals surface area contributed by atoms with Crippen molar-refractivity contribution < 1.29 is 23.1 Å². The second-order valence-corrected chi connectivity index (χ2v) is 5.95. The highest BCUT2D eigenvalue weighted by Crippen LogP contribution is 2.20. The molecule has 1 saturated heterocycles. The molecular formula is C19H18F2N2O3. The summed E-state index contributed by atoms with van der Waals surface area (Å²) in [5, 5.41) is 0. The van der Waals surface area contributed by atoms with E-state index in [4.69, 9.17) is 4.74 Å². The van der Waals surface area contributed by atoms with Gasteiger partial charge in [0.05, 0.1) is 12.7 Å². The summed E-state index contributed by atoms with van der Waals surface area (Å²) in [5.74, 6) is -2.74. The number of halogens is 2. The molecule has 1 heterocycles. The third kappa shape index (κ3) is 3.66. The number of methoxy groups -OCH3 is 1. The first kappa shape index (κ1) is 17.8. The molecule has 0 radical (unpaired) electrons. The van der Waals surface area contributed by atoms with Crippen LogP contribution in [0, 0.1) is 11.6 Å². The van der Waals surface area contributed by atoms with Crippen LogP contribution in [0.15, 0.2) is 42.5 Å². The molecule has 7 heteroatoms. The highest BCUT2D eigenvalue weighted by atomic mass is 19.2. The lowest BCUT2D eigenvalue weighted by Gasteiger charge is -2.36. The Kier molecular flexibility index (Phi) is 5.16. The van der Waals surface area contributed by atoms with Gasteiger partial charge in [-0.3, -0.25) is 4.79 Å². The van der Waals surface area contributed by atoms with Gasteiger partial charge < -0.3 is 14.5 Å². The first-order valence-electron chi connectivity index (χ1n) is 8.17. The maximum Gasteiger partial charge on any atom is 0.337 e. The van der Waals surface area contributed by atoms with E-state index in [0.717, 1.165) is 17.8 Å². The van der Waals surface area contributed by atoms with Gasteiger partial charge >= 0.3 is 5.97 Å². The number of nitrogens with zero attached hydrogens (tertiary/aromatic N) is 2. The summed E-state index contributed by atoms with van der Waals surface area (Å²) in [6, 6.07) is 10.3. The molecule has 0 unspecified atom stereocenters. The number of hydrogen-bond acceptors (Lipinski definition) is 4. The number of carbonyl (C=O) groups is 2. The summed E-state index contributed by atoms with van der Waals surface area (Å²) in [7, 11) is 1.33. The van der Waals surface area contributed by atoms with Gasteiger partial charge in [0.2, 0.25) is 0 Å². The van der Waals surface area contributed by atoms with Crippen LogP contribution in [-0.2, 0) is 4.74 Å². The molecule has 0 spiro atoms. The van der Waals surface area contributed by atoms with E-state index in [0.29, 0.717) is 31.7 Å². The summed E-state index contributed by atoms with van der Waals surface area (Å²) >= 11 is 0. The van der Waals surface area contributed by atoms with Crippen molar-refractivity contribution in [2.75, 3.05) is 38.2 Å². The molecule has 136 valence electrons. The Hall–Kier alpha value is -2.96. The molecule has 1 aliphatic heterocycles. The van der Waals surface area contributed by atoms with Crippen LogP contribution in [0.4, 0.5) is 14.5 Å². The van der Waals surface area contributed by atoms with E-state index in [1.54, 1.807) is 23.1 Å². The number of hydrogen-bond donors (Lipinski definition) is 0. The first-order valence-corrected chi connectivity index (χ1v) is 8.17. The molecule has 0 N–H and O–H groups in total. The number of benzene rings is 2. The molecule has 0 atom stereocenters. The Balaban J connectivity index is 1.66. The highest BCUT2D eigenvalue weighted by molar-refractivity contribution is 5.94. The largest absolute Gasteiger partial charge is 0.465 e. The second-order valence-electron chi connectivity index (χ2n) is 5.95. The van der Waals surface area contributed by atoms with Crippen LogP contribution in [0.25, 0.3) is 0 Å². The van der Waals surface area contributed by atoms with Gasteiger partial charge in [-0.15, -0.1) is 0 Å². The number of carbonyl (C=O) groups excluding carboxylic acids is 2. The summed E-state index contributed by atoms with van der Waals surface area (Å²) in [5.41, 5.74) is 1.46. The molecule has 2 aromatic rings. The topological polar surface area (TPSA) is 49.9 Å². The predicted octanol–water partition coefficient (Wildman–Crippen LogP) is 2.71. The molecule has 1 fully saturated rings. The third-order valence-electron chi connectivity index (χ3n) is 4.37. The Morgan fingerprint density at radius 1 is 0.923 bits per heavy atom. The second kappa shape index (κ2) is 7.51. The van der Waals surface area contributed by atoms with Crippen LogP contribution in [0.1, 0.15) is 20.7 Å². The fourth-order valence-corrected chi connectivity index (χ4v) is 2.93.